The maximum absolute atomic E-state index is 13.5. The molecule has 0 amide bonds. The van der Waals surface area contributed by atoms with E-state index in [1.54, 1.807) is 12.1 Å². The Morgan fingerprint density at radius 1 is 1.18 bits per heavy atom. The third-order valence-corrected chi connectivity index (χ3v) is 7.19. The largest absolute Gasteiger partial charge is 0.481 e. The quantitative estimate of drug-likeness (QED) is 0.444. The Hall–Kier alpha value is -2.52. The van der Waals surface area contributed by atoms with Crippen LogP contribution in [-0.2, 0) is 10.2 Å². The van der Waals surface area contributed by atoms with Crippen molar-refractivity contribution in [3.63, 3.8) is 0 Å². The van der Waals surface area contributed by atoms with E-state index in [0.717, 1.165) is 18.4 Å². The zero-order valence-corrected chi connectivity index (χ0v) is 18.9. The minimum atomic E-state index is -2.76. The summed E-state index contributed by atoms with van der Waals surface area (Å²) in [4.78, 5) is 15.8. The number of nitrogens with zero attached hydrogens (tertiary/aromatic N) is 4. The van der Waals surface area contributed by atoms with Crippen molar-refractivity contribution in [2.75, 3.05) is 0 Å². The fraction of sp³-hybridized carbons (Fsp3) is 0.455. The van der Waals surface area contributed by atoms with Crippen LogP contribution in [0.4, 0.5) is 8.78 Å². The lowest BCUT2D eigenvalue weighted by atomic mass is 9.86. The molecular weight excluding hydrogens is 477 g/mol. The van der Waals surface area contributed by atoms with E-state index >= 15 is 0 Å². The molecule has 174 valence electrons. The van der Waals surface area contributed by atoms with E-state index in [0.29, 0.717) is 47.2 Å². The average molecular weight is 497 g/mol. The number of carboxylic acid groups (broad SMARTS) is 1. The smallest absolute Gasteiger partial charge is 0.306 e. The van der Waals surface area contributed by atoms with E-state index in [9.17, 15) is 18.7 Å². The van der Waals surface area contributed by atoms with Crippen LogP contribution in [0.2, 0.25) is 10.0 Å². The lowest BCUT2D eigenvalue weighted by Crippen LogP contribution is -2.24. The highest BCUT2D eigenvalue weighted by molar-refractivity contribution is 6.35. The Kier molecular flexibility index (Phi) is 5.64. The average Bonchev–Trinajstić information content (AvgIpc) is 3.22. The molecular formula is C22H20Cl2F2N4O3. The maximum atomic E-state index is 13.5. The van der Waals surface area contributed by atoms with Crippen LogP contribution in [0, 0.1) is 5.92 Å². The normalized spacial score (nSPS) is 22.0. The Bertz CT molecular complexity index is 1200. The van der Waals surface area contributed by atoms with E-state index in [-0.39, 0.29) is 17.6 Å². The molecule has 2 aliphatic rings. The van der Waals surface area contributed by atoms with Gasteiger partial charge in [-0.25, -0.2) is 8.78 Å². The molecule has 2 fully saturated rings. The van der Waals surface area contributed by atoms with Crippen LogP contribution in [0.25, 0.3) is 11.6 Å². The van der Waals surface area contributed by atoms with Crippen LogP contribution in [0.1, 0.15) is 68.1 Å². The second-order valence-corrected chi connectivity index (χ2v) is 9.52. The van der Waals surface area contributed by atoms with Gasteiger partial charge < -0.3 is 9.63 Å². The van der Waals surface area contributed by atoms with E-state index in [4.69, 9.17) is 27.7 Å². The van der Waals surface area contributed by atoms with E-state index in [1.165, 1.54) is 10.7 Å². The van der Waals surface area contributed by atoms with Gasteiger partial charge in [-0.15, -0.1) is 0 Å². The molecule has 0 radical (unpaired) electrons. The van der Waals surface area contributed by atoms with Gasteiger partial charge in [-0.1, -0.05) is 34.4 Å². The van der Waals surface area contributed by atoms with Gasteiger partial charge in [0.05, 0.1) is 17.4 Å². The predicted molar refractivity (Wildman–Crippen MR) is 116 cm³/mol. The molecule has 0 unspecified atom stereocenters. The number of aliphatic carboxylic acids is 1. The Labute approximate surface area is 197 Å². The van der Waals surface area contributed by atoms with Gasteiger partial charge in [0.2, 0.25) is 0 Å². The third kappa shape index (κ3) is 4.01. The molecule has 5 rings (SSSR count). The van der Waals surface area contributed by atoms with Gasteiger partial charge >= 0.3 is 5.97 Å². The third-order valence-electron chi connectivity index (χ3n) is 6.64. The second kappa shape index (κ2) is 8.36. The molecule has 1 aromatic carbocycles. The van der Waals surface area contributed by atoms with Crippen molar-refractivity contribution in [2.24, 2.45) is 5.92 Å². The monoisotopic (exact) mass is 496 g/mol. The Morgan fingerprint density at radius 3 is 2.52 bits per heavy atom. The van der Waals surface area contributed by atoms with Gasteiger partial charge in [-0.3, -0.25) is 9.48 Å². The number of carboxylic acids is 1. The lowest BCUT2D eigenvalue weighted by Gasteiger charge is -2.27. The lowest BCUT2D eigenvalue weighted by molar-refractivity contribution is -0.143. The molecule has 33 heavy (non-hydrogen) atoms. The minimum absolute atomic E-state index is 0.0983. The molecule has 11 heteroatoms. The molecule has 1 N–H and O–H groups in total. The van der Waals surface area contributed by atoms with Crippen molar-refractivity contribution < 1.29 is 23.2 Å². The SMILES string of the molecule is O=C(O)C1CCC(n2nc(C(F)F)cc2-c2nc(C3(c4ccc(Cl)cc4Cl)CC3)no2)CC1. The first-order chi connectivity index (χ1) is 15.8. The summed E-state index contributed by atoms with van der Waals surface area (Å²) < 4.78 is 33.9. The Balaban J connectivity index is 1.48. The Morgan fingerprint density at radius 2 is 1.91 bits per heavy atom. The number of hydrogen-bond acceptors (Lipinski definition) is 5. The first-order valence-electron chi connectivity index (χ1n) is 10.7. The summed E-state index contributed by atoms with van der Waals surface area (Å²) in [5.74, 6) is -0.730. The van der Waals surface area contributed by atoms with Gasteiger partial charge in [-0.2, -0.15) is 10.1 Å². The van der Waals surface area contributed by atoms with Gasteiger partial charge in [0, 0.05) is 10.0 Å². The summed E-state index contributed by atoms with van der Waals surface area (Å²) in [6.45, 7) is 0. The van der Waals surface area contributed by atoms with E-state index in [1.807, 2.05) is 6.07 Å². The van der Waals surface area contributed by atoms with Gasteiger partial charge in [0.15, 0.2) is 5.82 Å². The second-order valence-electron chi connectivity index (χ2n) is 8.67. The zero-order valence-electron chi connectivity index (χ0n) is 17.3. The summed E-state index contributed by atoms with van der Waals surface area (Å²) in [6.07, 6.45) is 0.722. The van der Waals surface area contributed by atoms with Gasteiger partial charge in [0.1, 0.15) is 11.4 Å². The summed E-state index contributed by atoms with van der Waals surface area (Å²) in [5, 5.41) is 18.5. The molecule has 2 aromatic heterocycles. The van der Waals surface area contributed by atoms with Crippen LogP contribution >= 0.6 is 23.2 Å². The molecule has 0 atom stereocenters. The molecule has 0 saturated heterocycles. The highest BCUT2D eigenvalue weighted by Gasteiger charge is 2.51. The molecule has 2 heterocycles. The predicted octanol–water partition coefficient (Wildman–Crippen LogP) is 6.07. The number of aromatic nitrogens is 4. The fourth-order valence-corrected chi connectivity index (χ4v) is 5.25. The standard InChI is InChI=1S/C22H20Cl2F2N4O3/c23-12-3-6-14(15(24)9-12)22(7-8-22)21-27-19(33-29-21)17-10-16(18(25)26)28-30(17)13-4-1-11(2-5-13)20(31)32/h3,6,9-11,13,18H,1-2,4-5,7-8H2,(H,31,32). The summed E-state index contributed by atoms with van der Waals surface area (Å²) in [5.41, 5.74) is 0.266. The number of alkyl halides is 2. The maximum Gasteiger partial charge on any atom is 0.306 e. The van der Waals surface area contributed by atoms with E-state index < -0.39 is 23.7 Å². The van der Waals surface area contributed by atoms with Crippen molar-refractivity contribution in [1.29, 1.82) is 0 Å². The van der Waals surface area contributed by atoms with Crippen molar-refractivity contribution >= 4 is 29.2 Å². The first kappa shape index (κ1) is 22.3. The topological polar surface area (TPSA) is 94.0 Å². The fourth-order valence-electron chi connectivity index (χ4n) is 4.66. The molecule has 0 bridgehead atoms. The number of benzene rings is 1. The summed E-state index contributed by atoms with van der Waals surface area (Å²) >= 11 is 12.4. The molecule has 3 aromatic rings. The number of rotatable bonds is 6. The van der Waals surface area contributed by atoms with E-state index in [2.05, 4.69) is 15.2 Å². The molecule has 0 spiro atoms. The van der Waals surface area contributed by atoms with Crippen molar-refractivity contribution in [1.82, 2.24) is 19.9 Å². The van der Waals surface area contributed by atoms with Crippen LogP contribution in [0.15, 0.2) is 28.8 Å². The van der Waals surface area contributed by atoms with Crippen LogP contribution in [0.5, 0.6) is 0 Å². The molecule has 2 aliphatic carbocycles. The van der Waals surface area contributed by atoms with Gasteiger partial charge in [0.25, 0.3) is 12.3 Å². The van der Waals surface area contributed by atoms with Crippen LogP contribution < -0.4 is 0 Å². The summed E-state index contributed by atoms with van der Waals surface area (Å²) in [7, 11) is 0. The van der Waals surface area contributed by atoms with Gasteiger partial charge in [-0.05, 0) is 62.3 Å². The molecule has 0 aliphatic heterocycles. The number of halogens is 4. The number of carbonyl (C=O) groups is 1. The first-order valence-corrected chi connectivity index (χ1v) is 11.4. The van der Waals surface area contributed by atoms with Crippen molar-refractivity contribution in [2.45, 2.75) is 56.4 Å². The molecule has 2 saturated carbocycles. The highest BCUT2D eigenvalue weighted by Crippen LogP contribution is 2.54. The highest BCUT2D eigenvalue weighted by atomic mass is 35.5. The summed E-state index contributed by atoms with van der Waals surface area (Å²) in [6, 6.07) is 6.30. The minimum Gasteiger partial charge on any atom is -0.481 e. The van der Waals surface area contributed by atoms with Crippen molar-refractivity contribution in [3.05, 3.63) is 51.4 Å². The van der Waals surface area contributed by atoms with Crippen LogP contribution in [0.3, 0.4) is 0 Å². The molecule has 7 nitrogen and oxygen atoms in total. The van der Waals surface area contributed by atoms with Crippen LogP contribution in [-0.4, -0.2) is 31.0 Å². The number of hydrogen-bond donors (Lipinski definition) is 1. The zero-order chi connectivity index (χ0) is 23.3. The van der Waals surface area contributed by atoms with Crippen molar-refractivity contribution in [3.8, 4) is 11.6 Å².